The van der Waals surface area contributed by atoms with E-state index in [1.54, 1.807) is 16.7 Å². The van der Waals surface area contributed by atoms with E-state index in [1.807, 2.05) is 25.1 Å². The lowest BCUT2D eigenvalue weighted by atomic mass is 10.1. The van der Waals surface area contributed by atoms with Gasteiger partial charge in [0.1, 0.15) is 4.32 Å². The van der Waals surface area contributed by atoms with Crippen LogP contribution in [0.25, 0.3) is 0 Å². The van der Waals surface area contributed by atoms with Crippen LogP contribution in [0, 0.1) is 13.8 Å². The number of nitrogens with zero attached hydrogens (tertiary/aromatic N) is 1. The molecule has 0 saturated carbocycles. The van der Waals surface area contributed by atoms with Gasteiger partial charge < -0.3 is 0 Å². The van der Waals surface area contributed by atoms with Crippen molar-refractivity contribution in [3.8, 4) is 0 Å². The summed E-state index contributed by atoms with van der Waals surface area (Å²) in [5.41, 5.74) is 3.31. The summed E-state index contributed by atoms with van der Waals surface area (Å²) < 4.78 is 0.666. The highest BCUT2D eigenvalue weighted by molar-refractivity contribution is 8.23. The Morgan fingerprint density at radius 2 is 2.06 bits per heavy atom. The summed E-state index contributed by atoms with van der Waals surface area (Å²) in [5.74, 6) is 0.908. The molecule has 1 fully saturated rings. The minimum absolute atomic E-state index is 0.104. The summed E-state index contributed by atoms with van der Waals surface area (Å²) in [5, 5.41) is 0. The molecule has 1 aliphatic heterocycles. The number of carbonyl (C=O) groups is 1. The molecule has 0 N–H and O–H groups in total. The van der Waals surface area contributed by atoms with E-state index in [1.165, 1.54) is 11.1 Å². The topological polar surface area (TPSA) is 20.3 Å². The highest BCUT2D eigenvalue weighted by Crippen LogP contribution is 2.27. The van der Waals surface area contributed by atoms with Crippen molar-refractivity contribution in [1.82, 2.24) is 0 Å². The van der Waals surface area contributed by atoms with Crippen molar-refractivity contribution in [3.63, 3.8) is 0 Å². The van der Waals surface area contributed by atoms with Gasteiger partial charge >= 0.3 is 0 Å². The first kappa shape index (κ1) is 11.6. The molecule has 1 aromatic carbocycles. The molecule has 0 spiro atoms. The number of hydrogen-bond acceptors (Lipinski definition) is 3. The number of thiocarbonyl (C=S) groups is 1. The number of benzene rings is 1. The van der Waals surface area contributed by atoms with Crippen LogP contribution >= 0.6 is 24.0 Å². The smallest absolute Gasteiger partial charge is 0.233 e. The normalized spacial score (nSPS) is 16.8. The number of anilines is 1. The van der Waals surface area contributed by atoms with Gasteiger partial charge in [0.15, 0.2) is 0 Å². The zero-order valence-electron chi connectivity index (χ0n) is 9.32. The molecule has 84 valence electrons. The van der Waals surface area contributed by atoms with Crippen LogP contribution < -0.4 is 4.90 Å². The quantitative estimate of drug-likeness (QED) is 0.716. The number of carbonyl (C=O) groups excluding carboxylic acids is 1. The molecule has 0 atom stereocenters. The maximum absolute atomic E-state index is 11.8. The Morgan fingerprint density at radius 1 is 1.31 bits per heavy atom. The molecule has 0 aliphatic carbocycles. The van der Waals surface area contributed by atoms with E-state index in [-0.39, 0.29) is 5.91 Å². The number of amides is 1. The van der Waals surface area contributed by atoms with Crippen LogP contribution in [0.2, 0.25) is 0 Å². The fraction of sp³-hybridized carbons (Fsp3) is 0.333. The Labute approximate surface area is 105 Å². The molecular weight excluding hydrogens is 238 g/mol. The molecule has 1 aromatic rings. The summed E-state index contributed by atoms with van der Waals surface area (Å²) in [4.78, 5) is 13.5. The monoisotopic (exact) mass is 251 g/mol. The Balaban J connectivity index is 2.38. The Morgan fingerprint density at radius 3 is 2.69 bits per heavy atom. The van der Waals surface area contributed by atoms with Crippen LogP contribution in [0.15, 0.2) is 18.2 Å². The molecule has 4 heteroatoms. The van der Waals surface area contributed by atoms with Crippen LogP contribution in [0.1, 0.15) is 17.5 Å². The van der Waals surface area contributed by atoms with E-state index in [2.05, 4.69) is 6.92 Å². The van der Waals surface area contributed by atoms with Gasteiger partial charge in [0, 0.05) is 12.2 Å². The summed E-state index contributed by atoms with van der Waals surface area (Å²) in [6, 6.07) is 6.00. The van der Waals surface area contributed by atoms with E-state index < -0.39 is 0 Å². The molecule has 1 heterocycles. The first-order valence-electron chi connectivity index (χ1n) is 5.16. The SMILES string of the molecule is Cc1ccc(N2C(=O)CCSC2=S)cc1C. The minimum Gasteiger partial charge on any atom is -0.274 e. The molecule has 2 nitrogen and oxygen atoms in total. The fourth-order valence-electron chi connectivity index (χ4n) is 1.62. The number of rotatable bonds is 1. The van der Waals surface area contributed by atoms with Gasteiger partial charge in [-0.2, -0.15) is 0 Å². The first-order valence-corrected chi connectivity index (χ1v) is 6.56. The van der Waals surface area contributed by atoms with Crippen LogP contribution in [0.4, 0.5) is 5.69 Å². The van der Waals surface area contributed by atoms with Crippen LogP contribution in [0.3, 0.4) is 0 Å². The van der Waals surface area contributed by atoms with E-state index >= 15 is 0 Å². The van der Waals surface area contributed by atoms with E-state index in [4.69, 9.17) is 12.2 Å². The molecule has 1 aliphatic rings. The second-order valence-electron chi connectivity index (χ2n) is 3.86. The zero-order valence-corrected chi connectivity index (χ0v) is 11.0. The molecule has 1 saturated heterocycles. The third kappa shape index (κ3) is 2.13. The van der Waals surface area contributed by atoms with E-state index in [0.717, 1.165) is 11.4 Å². The van der Waals surface area contributed by atoms with Crippen LogP contribution in [-0.2, 0) is 4.79 Å². The van der Waals surface area contributed by atoms with Gasteiger partial charge in [-0.25, -0.2) is 0 Å². The van der Waals surface area contributed by atoms with Crippen LogP contribution in [0.5, 0.6) is 0 Å². The second-order valence-corrected chi connectivity index (χ2v) is 5.59. The molecule has 16 heavy (non-hydrogen) atoms. The van der Waals surface area contributed by atoms with Gasteiger partial charge in [0.2, 0.25) is 5.91 Å². The van der Waals surface area contributed by atoms with Crippen molar-refractivity contribution in [3.05, 3.63) is 29.3 Å². The van der Waals surface area contributed by atoms with Gasteiger partial charge in [-0.15, -0.1) is 0 Å². The molecule has 0 aromatic heterocycles. The molecule has 0 bridgehead atoms. The van der Waals surface area contributed by atoms with Crippen molar-refractivity contribution in [2.75, 3.05) is 10.7 Å². The molecule has 0 unspecified atom stereocenters. The Bertz CT molecular complexity index is 440. The van der Waals surface area contributed by atoms with Crippen molar-refractivity contribution in [2.24, 2.45) is 0 Å². The Kier molecular flexibility index (Phi) is 3.30. The number of aryl methyl sites for hydroxylation is 2. The van der Waals surface area contributed by atoms with Gasteiger partial charge in [-0.1, -0.05) is 30.0 Å². The standard InChI is InChI=1S/C12H13NOS2/c1-8-3-4-10(7-9(8)2)13-11(14)5-6-16-12(13)15/h3-4,7H,5-6H2,1-2H3. The van der Waals surface area contributed by atoms with Crippen molar-refractivity contribution in [1.29, 1.82) is 0 Å². The minimum atomic E-state index is 0.104. The van der Waals surface area contributed by atoms with Crippen LogP contribution in [-0.4, -0.2) is 16.0 Å². The lowest BCUT2D eigenvalue weighted by Crippen LogP contribution is -2.38. The lowest BCUT2D eigenvalue weighted by molar-refractivity contribution is -0.117. The number of hydrogen-bond donors (Lipinski definition) is 0. The maximum atomic E-state index is 11.8. The number of thioether (sulfide) groups is 1. The summed E-state index contributed by atoms with van der Waals surface area (Å²) in [6.45, 7) is 4.10. The average Bonchev–Trinajstić information content (AvgIpc) is 2.23. The highest BCUT2D eigenvalue weighted by atomic mass is 32.2. The molecule has 0 radical (unpaired) electrons. The summed E-state index contributed by atoms with van der Waals surface area (Å²) in [7, 11) is 0. The fourth-order valence-corrected chi connectivity index (χ4v) is 2.86. The molecular formula is C12H13NOS2. The Hall–Kier alpha value is -0.870. The largest absolute Gasteiger partial charge is 0.274 e. The zero-order chi connectivity index (χ0) is 11.7. The van der Waals surface area contributed by atoms with Crippen molar-refractivity contribution in [2.45, 2.75) is 20.3 Å². The first-order chi connectivity index (χ1) is 7.59. The third-order valence-electron chi connectivity index (χ3n) is 2.72. The van der Waals surface area contributed by atoms with Gasteiger partial charge in [-0.3, -0.25) is 9.69 Å². The second kappa shape index (κ2) is 4.55. The van der Waals surface area contributed by atoms with Gasteiger partial charge in [0.05, 0.1) is 5.69 Å². The predicted molar refractivity (Wildman–Crippen MR) is 73.1 cm³/mol. The summed E-state index contributed by atoms with van der Waals surface area (Å²) in [6.07, 6.45) is 0.567. The van der Waals surface area contributed by atoms with E-state index in [0.29, 0.717) is 10.7 Å². The highest BCUT2D eigenvalue weighted by Gasteiger charge is 2.25. The molecule has 2 rings (SSSR count). The predicted octanol–water partition coefficient (Wildman–Crippen LogP) is 3.06. The molecule has 1 amide bonds. The van der Waals surface area contributed by atoms with Crippen molar-refractivity contribution >= 4 is 39.9 Å². The van der Waals surface area contributed by atoms with Gasteiger partial charge in [-0.05, 0) is 37.1 Å². The van der Waals surface area contributed by atoms with Crippen molar-refractivity contribution < 1.29 is 4.79 Å². The van der Waals surface area contributed by atoms with Gasteiger partial charge in [0.25, 0.3) is 0 Å². The average molecular weight is 251 g/mol. The maximum Gasteiger partial charge on any atom is 0.233 e. The summed E-state index contributed by atoms with van der Waals surface area (Å²) >= 11 is 6.80. The lowest BCUT2D eigenvalue weighted by Gasteiger charge is -2.27. The third-order valence-corrected chi connectivity index (χ3v) is 4.10. The van der Waals surface area contributed by atoms with E-state index in [9.17, 15) is 4.79 Å².